The van der Waals surface area contributed by atoms with Gasteiger partial charge in [0.2, 0.25) is 0 Å². The molecule has 0 aliphatic carbocycles. The number of terminal acetylenes is 1. The van der Waals surface area contributed by atoms with Crippen molar-refractivity contribution >= 4 is 23.6 Å². The number of halogens is 1. The van der Waals surface area contributed by atoms with Gasteiger partial charge in [-0.05, 0) is 19.1 Å². The molecule has 2 nitrogen and oxygen atoms in total. The number of hydrogen-bond acceptors (Lipinski definition) is 2. The number of nitrogens with zero attached hydrogens (tertiary/aromatic N) is 1. The van der Waals surface area contributed by atoms with Crippen LogP contribution in [0.4, 0.5) is 5.69 Å². The van der Waals surface area contributed by atoms with Crippen LogP contribution in [-0.2, 0) is 0 Å². The van der Waals surface area contributed by atoms with Crippen LogP contribution in [0.3, 0.4) is 0 Å². The van der Waals surface area contributed by atoms with E-state index in [0.29, 0.717) is 17.1 Å². The number of benzene rings is 1. The summed E-state index contributed by atoms with van der Waals surface area (Å²) in [5.41, 5.74) is 1.29. The lowest BCUT2D eigenvalue weighted by molar-refractivity contribution is 0.112. The standard InChI is InChI=1S/C12H12ClNO/c1-3-8-14(4-2)12-10(9-15)6-5-7-11(12)13/h1,5-7,9H,4,8H2,2H3. The molecular formula is C12H12ClNO. The zero-order valence-corrected chi connectivity index (χ0v) is 9.29. The van der Waals surface area contributed by atoms with E-state index in [0.717, 1.165) is 18.5 Å². The smallest absolute Gasteiger partial charge is 0.152 e. The highest BCUT2D eigenvalue weighted by Gasteiger charge is 2.11. The molecule has 0 saturated carbocycles. The van der Waals surface area contributed by atoms with E-state index < -0.39 is 0 Å². The molecular weight excluding hydrogens is 210 g/mol. The zero-order valence-electron chi connectivity index (χ0n) is 8.53. The van der Waals surface area contributed by atoms with Gasteiger partial charge < -0.3 is 4.90 Å². The first-order valence-electron chi connectivity index (χ1n) is 4.66. The van der Waals surface area contributed by atoms with Gasteiger partial charge in [0.05, 0.1) is 17.3 Å². The van der Waals surface area contributed by atoms with Crippen LogP contribution in [-0.4, -0.2) is 19.4 Å². The van der Waals surface area contributed by atoms with Crippen molar-refractivity contribution in [3.8, 4) is 12.3 Å². The summed E-state index contributed by atoms with van der Waals surface area (Å²) in [7, 11) is 0. The van der Waals surface area contributed by atoms with E-state index in [1.807, 2.05) is 11.8 Å². The lowest BCUT2D eigenvalue weighted by Gasteiger charge is -2.23. The molecule has 0 aromatic heterocycles. The fourth-order valence-corrected chi connectivity index (χ4v) is 1.72. The van der Waals surface area contributed by atoms with Crippen molar-refractivity contribution in [2.45, 2.75) is 6.92 Å². The summed E-state index contributed by atoms with van der Waals surface area (Å²) in [6.07, 6.45) is 6.05. The molecule has 0 amide bonds. The maximum Gasteiger partial charge on any atom is 0.152 e. The fourth-order valence-electron chi connectivity index (χ4n) is 1.42. The molecule has 0 radical (unpaired) electrons. The first kappa shape index (κ1) is 11.6. The predicted octanol–water partition coefficient (Wildman–Crippen LogP) is 2.61. The van der Waals surface area contributed by atoms with E-state index in [-0.39, 0.29) is 0 Å². The van der Waals surface area contributed by atoms with E-state index in [4.69, 9.17) is 18.0 Å². The van der Waals surface area contributed by atoms with Gasteiger partial charge in [0, 0.05) is 12.1 Å². The van der Waals surface area contributed by atoms with Gasteiger partial charge in [0.15, 0.2) is 6.29 Å². The third-order valence-corrected chi connectivity index (χ3v) is 2.43. The Bertz CT molecular complexity index is 395. The van der Waals surface area contributed by atoms with Gasteiger partial charge in [-0.3, -0.25) is 4.79 Å². The molecule has 0 fully saturated rings. The highest BCUT2D eigenvalue weighted by molar-refractivity contribution is 6.33. The van der Waals surface area contributed by atoms with Gasteiger partial charge >= 0.3 is 0 Å². The SMILES string of the molecule is C#CCN(CC)c1c(Cl)cccc1C=O. The van der Waals surface area contributed by atoms with E-state index in [9.17, 15) is 4.79 Å². The van der Waals surface area contributed by atoms with Crippen LogP contribution < -0.4 is 4.90 Å². The Morgan fingerprint density at radius 3 is 2.87 bits per heavy atom. The third kappa shape index (κ3) is 2.51. The van der Waals surface area contributed by atoms with Gasteiger partial charge in [0.25, 0.3) is 0 Å². The monoisotopic (exact) mass is 221 g/mol. The minimum absolute atomic E-state index is 0.446. The Balaban J connectivity index is 3.20. The average molecular weight is 222 g/mol. The van der Waals surface area contributed by atoms with Crippen LogP contribution in [0, 0.1) is 12.3 Å². The molecule has 1 aromatic rings. The second kappa shape index (κ2) is 5.43. The summed E-state index contributed by atoms with van der Waals surface area (Å²) < 4.78 is 0. The summed E-state index contributed by atoms with van der Waals surface area (Å²) in [6, 6.07) is 5.23. The molecule has 0 spiro atoms. The van der Waals surface area contributed by atoms with Crippen molar-refractivity contribution in [1.29, 1.82) is 0 Å². The van der Waals surface area contributed by atoms with Crippen molar-refractivity contribution in [2.75, 3.05) is 18.0 Å². The van der Waals surface area contributed by atoms with Crippen LogP contribution >= 0.6 is 11.6 Å². The molecule has 0 atom stereocenters. The van der Waals surface area contributed by atoms with Crippen LogP contribution in [0.1, 0.15) is 17.3 Å². The van der Waals surface area contributed by atoms with Gasteiger partial charge in [-0.15, -0.1) is 6.42 Å². The van der Waals surface area contributed by atoms with E-state index in [2.05, 4.69) is 5.92 Å². The molecule has 0 aliphatic heterocycles. The number of carbonyl (C=O) groups excluding carboxylic acids is 1. The number of hydrogen-bond donors (Lipinski definition) is 0. The molecule has 0 unspecified atom stereocenters. The minimum atomic E-state index is 0.446. The summed E-state index contributed by atoms with van der Waals surface area (Å²) in [5, 5.41) is 0.553. The Kier molecular flexibility index (Phi) is 4.20. The lowest BCUT2D eigenvalue weighted by atomic mass is 10.1. The van der Waals surface area contributed by atoms with Crippen LogP contribution in [0.2, 0.25) is 5.02 Å². The van der Waals surface area contributed by atoms with Gasteiger partial charge in [-0.1, -0.05) is 23.6 Å². The molecule has 3 heteroatoms. The molecule has 1 rings (SSSR count). The molecule has 0 saturated heterocycles. The van der Waals surface area contributed by atoms with Crippen molar-refractivity contribution in [3.05, 3.63) is 28.8 Å². The highest BCUT2D eigenvalue weighted by Crippen LogP contribution is 2.28. The van der Waals surface area contributed by atoms with Crippen LogP contribution in [0.25, 0.3) is 0 Å². The largest absolute Gasteiger partial charge is 0.359 e. The van der Waals surface area contributed by atoms with Crippen molar-refractivity contribution in [3.63, 3.8) is 0 Å². The van der Waals surface area contributed by atoms with Gasteiger partial charge in [-0.2, -0.15) is 0 Å². The van der Waals surface area contributed by atoms with Crippen molar-refractivity contribution in [2.24, 2.45) is 0 Å². The quantitative estimate of drug-likeness (QED) is 0.576. The summed E-state index contributed by atoms with van der Waals surface area (Å²) in [4.78, 5) is 12.8. The first-order chi connectivity index (χ1) is 7.24. The molecule has 0 N–H and O–H groups in total. The molecule has 1 aromatic carbocycles. The van der Waals surface area contributed by atoms with E-state index in [1.54, 1.807) is 18.2 Å². The zero-order chi connectivity index (χ0) is 11.3. The number of rotatable bonds is 4. The third-order valence-electron chi connectivity index (χ3n) is 2.13. The summed E-state index contributed by atoms with van der Waals surface area (Å²) >= 11 is 6.05. The summed E-state index contributed by atoms with van der Waals surface area (Å²) in [6.45, 7) is 3.13. The molecule has 0 aliphatic rings. The Morgan fingerprint density at radius 2 is 2.33 bits per heavy atom. The van der Waals surface area contributed by atoms with E-state index >= 15 is 0 Å². The van der Waals surface area contributed by atoms with Crippen molar-refractivity contribution < 1.29 is 4.79 Å². The number of para-hydroxylation sites is 1. The van der Waals surface area contributed by atoms with Crippen LogP contribution in [0.15, 0.2) is 18.2 Å². The maximum atomic E-state index is 10.9. The topological polar surface area (TPSA) is 20.3 Å². The Morgan fingerprint density at radius 1 is 1.60 bits per heavy atom. The normalized spacial score (nSPS) is 9.40. The van der Waals surface area contributed by atoms with Crippen LogP contribution in [0.5, 0.6) is 0 Å². The molecule has 15 heavy (non-hydrogen) atoms. The average Bonchev–Trinajstić information content (AvgIpc) is 2.26. The van der Waals surface area contributed by atoms with E-state index in [1.165, 1.54) is 0 Å². The Hall–Kier alpha value is -1.46. The lowest BCUT2D eigenvalue weighted by Crippen LogP contribution is -2.24. The predicted molar refractivity (Wildman–Crippen MR) is 63.6 cm³/mol. The maximum absolute atomic E-state index is 10.9. The minimum Gasteiger partial charge on any atom is -0.359 e. The highest BCUT2D eigenvalue weighted by atomic mass is 35.5. The Labute approximate surface area is 94.8 Å². The van der Waals surface area contributed by atoms with Gasteiger partial charge in [-0.25, -0.2) is 0 Å². The second-order valence-corrected chi connectivity index (χ2v) is 3.42. The number of carbonyl (C=O) groups is 1. The number of aldehydes is 1. The molecule has 0 bridgehead atoms. The van der Waals surface area contributed by atoms with Crippen molar-refractivity contribution in [1.82, 2.24) is 0 Å². The summed E-state index contributed by atoms with van der Waals surface area (Å²) in [5.74, 6) is 2.55. The molecule has 78 valence electrons. The fraction of sp³-hybridized carbons (Fsp3) is 0.250. The van der Waals surface area contributed by atoms with Gasteiger partial charge in [0.1, 0.15) is 0 Å². The molecule has 0 heterocycles. The first-order valence-corrected chi connectivity index (χ1v) is 5.04. The second-order valence-electron chi connectivity index (χ2n) is 3.01. The number of anilines is 1.